The lowest BCUT2D eigenvalue weighted by Crippen LogP contribution is -2.31. The van der Waals surface area contributed by atoms with Gasteiger partial charge in [0.25, 0.3) is 5.91 Å². The largest absolute Gasteiger partial charge is 0.322 e. The fourth-order valence-corrected chi connectivity index (χ4v) is 5.84. The average Bonchev–Trinajstić information content (AvgIpc) is 3.53. The molecular formula is C25H30N4O3S. The molecule has 2 aromatic carbocycles. The molecule has 1 aliphatic carbocycles. The van der Waals surface area contributed by atoms with Crippen LogP contribution >= 0.6 is 0 Å². The summed E-state index contributed by atoms with van der Waals surface area (Å²) < 4.78 is 29.4. The van der Waals surface area contributed by atoms with Gasteiger partial charge >= 0.3 is 0 Å². The van der Waals surface area contributed by atoms with Gasteiger partial charge in [-0.1, -0.05) is 38.1 Å². The van der Waals surface area contributed by atoms with Crippen molar-refractivity contribution in [1.82, 2.24) is 14.1 Å². The number of benzene rings is 2. The average molecular weight is 467 g/mol. The Balaban J connectivity index is 1.67. The van der Waals surface area contributed by atoms with Crippen LogP contribution in [-0.4, -0.2) is 41.5 Å². The zero-order valence-corrected chi connectivity index (χ0v) is 20.3. The van der Waals surface area contributed by atoms with Crippen molar-refractivity contribution in [3.63, 3.8) is 0 Å². The van der Waals surface area contributed by atoms with Gasteiger partial charge < -0.3 is 5.32 Å². The molecule has 1 heterocycles. The minimum atomic E-state index is -3.64. The second-order valence-corrected chi connectivity index (χ2v) is 10.3. The first-order chi connectivity index (χ1) is 15.8. The van der Waals surface area contributed by atoms with E-state index >= 15 is 0 Å². The van der Waals surface area contributed by atoms with Crippen molar-refractivity contribution in [2.45, 2.75) is 51.3 Å². The summed E-state index contributed by atoms with van der Waals surface area (Å²) in [6, 6.07) is 13.0. The molecule has 4 rings (SSSR count). The lowest BCUT2D eigenvalue weighted by molar-refractivity contribution is 0.102. The first-order valence-electron chi connectivity index (χ1n) is 11.3. The van der Waals surface area contributed by atoms with Gasteiger partial charge in [-0.05, 0) is 56.0 Å². The number of carbonyl (C=O) groups excluding carboxylic acids is 1. The van der Waals surface area contributed by atoms with E-state index in [1.807, 2.05) is 49.7 Å². The third-order valence-electron chi connectivity index (χ3n) is 6.13. The molecule has 33 heavy (non-hydrogen) atoms. The van der Waals surface area contributed by atoms with Gasteiger partial charge in [0, 0.05) is 24.7 Å². The number of carbonyl (C=O) groups is 1. The third kappa shape index (κ3) is 4.45. The van der Waals surface area contributed by atoms with Gasteiger partial charge in [-0.2, -0.15) is 9.40 Å². The summed E-state index contributed by atoms with van der Waals surface area (Å²) in [5, 5.41) is 7.44. The molecule has 8 heteroatoms. The Bertz CT molecular complexity index is 1290. The summed E-state index contributed by atoms with van der Waals surface area (Å²) in [7, 11) is -3.64. The second kappa shape index (κ2) is 9.11. The van der Waals surface area contributed by atoms with Crippen molar-refractivity contribution in [2.75, 3.05) is 18.4 Å². The van der Waals surface area contributed by atoms with E-state index in [-0.39, 0.29) is 10.8 Å². The second-order valence-electron chi connectivity index (χ2n) is 8.44. The van der Waals surface area contributed by atoms with Gasteiger partial charge in [-0.25, -0.2) is 13.1 Å². The first-order valence-corrected chi connectivity index (χ1v) is 12.8. The number of sulfonamides is 1. The first kappa shape index (κ1) is 23.2. The van der Waals surface area contributed by atoms with Crippen molar-refractivity contribution in [2.24, 2.45) is 0 Å². The number of aromatic nitrogens is 2. The molecule has 1 saturated carbocycles. The van der Waals surface area contributed by atoms with E-state index in [0.29, 0.717) is 35.8 Å². The summed E-state index contributed by atoms with van der Waals surface area (Å²) in [6.07, 6.45) is 3.65. The van der Waals surface area contributed by atoms with E-state index < -0.39 is 10.0 Å². The van der Waals surface area contributed by atoms with Crippen molar-refractivity contribution in [3.05, 3.63) is 71.0 Å². The Morgan fingerprint density at radius 1 is 1.09 bits per heavy atom. The Morgan fingerprint density at radius 3 is 2.42 bits per heavy atom. The van der Waals surface area contributed by atoms with E-state index in [1.54, 1.807) is 31.3 Å². The number of hydrogen-bond acceptors (Lipinski definition) is 4. The maximum absolute atomic E-state index is 13.3. The summed E-state index contributed by atoms with van der Waals surface area (Å²) in [6.45, 7) is 8.19. The number of nitrogens with zero attached hydrogens (tertiary/aromatic N) is 3. The van der Waals surface area contributed by atoms with Crippen LogP contribution in [0.5, 0.6) is 0 Å². The van der Waals surface area contributed by atoms with Crippen molar-refractivity contribution in [1.29, 1.82) is 0 Å². The van der Waals surface area contributed by atoms with Gasteiger partial charge in [0.2, 0.25) is 10.0 Å². The van der Waals surface area contributed by atoms with Crippen molar-refractivity contribution in [3.8, 4) is 5.69 Å². The Hall–Kier alpha value is -2.97. The molecule has 1 aromatic heterocycles. The van der Waals surface area contributed by atoms with Crippen LogP contribution in [0.2, 0.25) is 0 Å². The predicted octanol–water partition coefficient (Wildman–Crippen LogP) is 4.65. The Kier molecular flexibility index (Phi) is 6.41. The molecule has 1 aliphatic rings. The molecule has 1 N–H and O–H groups in total. The van der Waals surface area contributed by atoms with Crippen LogP contribution in [0.4, 0.5) is 5.69 Å². The molecule has 3 aromatic rings. The molecule has 174 valence electrons. The van der Waals surface area contributed by atoms with Crippen LogP contribution in [-0.2, 0) is 10.0 Å². The van der Waals surface area contributed by atoms with Gasteiger partial charge in [0.05, 0.1) is 28.0 Å². The third-order valence-corrected chi connectivity index (χ3v) is 8.32. The number of anilines is 1. The molecule has 0 atom stereocenters. The molecule has 1 amide bonds. The van der Waals surface area contributed by atoms with E-state index in [4.69, 9.17) is 0 Å². The minimum Gasteiger partial charge on any atom is -0.322 e. The predicted molar refractivity (Wildman–Crippen MR) is 130 cm³/mol. The van der Waals surface area contributed by atoms with E-state index in [2.05, 4.69) is 10.4 Å². The van der Waals surface area contributed by atoms with Crippen LogP contribution in [0.1, 0.15) is 59.8 Å². The van der Waals surface area contributed by atoms with Gasteiger partial charge in [0.1, 0.15) is 0 Å². The van der Waals surface area contributed by atoms with Crippen LogP contribution in [0, 0.1) is 13.8 Å². The zero-order valence-electron chi connectivity index (χ0n) is 19.5. The maximum Gasteiger partial charge on any atom is 0.259 e. The molecule has 0 radical (unpaired) electrons. The highest BCUT2D eigenvalue weighted by Crippen LogP contribution is 2.43. The molecule has 0 unspecified atom stereocenters. The monoisotopic (exact) mass is 466 g/mol. The molecule has 0 spiro atoms. The normalized spacial score (nSPS) is 14.0. The van der Waals surface area contributed by atoms with Crippen molar-refractivity contribution >= 4 is 21.6 Å². The van der Waals surface area contributed by atoms with Crippen LogP contribution in [0.15, 0.2) is 53.6 Å². The molecule has 0 saturated heterocycles. The fraction of sp³-hybridized carbons (Fsp3) is 0.360. The number of amides is 1. The smallest absolute Gasteiger partial charge is 0.259 e. The number of hydrogen-bond donors (Lipinski definition) is 1. The fourth-order valence-electron chi connectivity index (χ4n) is 4.13. The van der Waals surface area contributed by atoms with E-state index in [0.717, 1.165) is 29.8 Å². The number of nitrogens with one attached hydrogen (secondary N) is 1. The van der Waals surface area contributed by atoms with Crippen LogP contribution < -0.4 is 5.32 Å². The van der Waals surface area contributed by atoms with Crippen LogP contribution in [0.3, 0.4) is 0 Å². The quantitative estimate of drug-likeness (QED) is 0.524. The van der Waals surface area contributed by atoms with E-state index in [1.165, 1.54) is 4.31 Å². The topological polar surface area (TPSA) is 84.3 Å². The molecular weight excluding hydrogens is 436 g/mol. The summed E-state index contributed by atoms with van der Waals surface area (Å²) >= 11 is 0. The van der Waals surface area contributed by atoms with Crippen LogP contribution in [0.25, 0.3) is 5.69 Å². The molecule has 0 bridgehead atoms. The molecule has 0 aliphatic heterocycles. The highest BCUT2D eigenvalue weighted by molar-refractivity contribution is 7.89. The minimum absolute atomic E-state index is 0.210. The van der Waals surface area contributed by atoms with Gasteiger partial charge in [-0.3, -0.25) is 4.79 Å². The Morgan fingerprint density at radius 2 is 1.79 bits per heavy atom. The van der Waals surface area contributed by atoms with Crippen molar-refractivity contribution < 1.29 is 13.2 Å². The highest BCUT2D eigenvalue weighted by atomic mass is 32.2. The lowest BCUT2D eigenvalue weighted by atomic mass is 10.1. The standard InChI is InChI=1S/C25H30N4O3S/c1-5-28(6-2)33(31,32)23-15-20(14-11-18(23)4)27-25(30)21-16-26-29(24(21)19-12-13-19)22-10-8-7-9-17(22)3/h7-11,14-16,19H,5-6,12-13H2,1-4H3,(H,27,30). The SMILES string of the molecule is CCN(CC)S(=O)(=O)c1cc(NC(=O)c2cnn(-c3ccccc3C)c2C2CC2)ccc1C. The number of rotatable bonds is 8. The van der Waals surface area contributed by atoms with Gasteiger partial charge in [-0.15, -0.1) is 0 Å². The summed E-state index contributed by atoms with van der Waals surface area (Å²) in [5.41, 5.74) is 4.56. The van der Waals surface area contributed by atoms with Gasteiger partial charge in [0.15, 0.2) is 0 Å². The summed E-state index contributed by atoms with van der Waals surface area (Å²) in [4.78, 5) is 13.5. The maximum atomic E-state index is 13.3. The Labute approximate surface area is 195 Å². The molecule has 7 nitrogen and oxygen atoms in total. The lowest BCUT2D eigenvalue weighted by Gasteiger charge is -2.20. The van der Waals surface area contributed by atoms with E-state index in [9.17, 15) is 13.2 Å². The zero-order chi connectivity index (χ0) is 23.8. The summed E-state index contributed by atoms with van der Waals surface area (Å²) in [5.74, 6) is 0.0104. The molecule has 1 fully saturated rings. The number of para-hydroxylation sites is 1. The number of aryl methyl sites for hydroxylation is 2. The highest BCUT2D eigenvalue weighted by Gasteiger charge is 2.33.